The van der Waals surface area contributed by atoms with Crippen molar-refractivity contribution in [2.75, 3.05) is 11.9 Å². The lowest BCUT2D eigenvalue weighted by molar-refractivity contribution is -0.165. The van der Waals surface area contributed by atoms with E-state index in [4.69, 9.17) is 0 Å². The zero-order valence-electron chi connectivity index (χ0n) is 13.8. The minimum absolute atomic E-state index is 0.0307. The molecule has 0 saturated carbocycles. The van der Waals surface area contributed by atoms with E-state index in [1.807, 2.05) is 0 Å². The molecule has 138 valence electrons. The van der Waals surface area contributed by atoms with Gasteiger partial charge in [0.1, 0.15) is 5.76 Å². The first kappa shape index (κ1) is 20.5. The highest BCUT2D eigenvalue weighted by Gasteiger charge is 2.36. The Morgan fingerprint density at radius 1 is 1.12 bits per heavy atom. The molecule has 0 spiro atoms. The molecule has 2 amide bonds. The number of carbonyl (C=O) groups is 2. The van der Waals surface area contributed by atoms with Gasteiger partial charge in [-0.05, 0) is 30.7 Å². The van der Waals surface area contributed by atoms with Crippen LogP contribution in [0.25, 0.3) is 5.76 Å². The Bertz CT molecular complexity index is 611. The Kier molecular flexibility index (Phi) is 7.97. The highest BCUT2D eigenvalue weighted by molar-refractivity contribution is 5.99. The molecule has 8 heteroatoms. The molecule has 0 radical (unpaired) electrons. The summed E-state index contributed by atoms with van der Waals surface area (Å²) in [5.41, 5.74) is 0.438. The predicted octanol–water partition coefficient (Wildman–Crippen LogP) is 4.42. The van der Waals surface area contributed by atoms with Crippen molar-refractivity contribution in [2.24, 2.45) is 0 Å². The number of hydrogen-bond donors (Lipinski definition) is 3. The van der Waals surface area contributed by atoms with Crippen LogP contribution in [0.4, 0.5) is 23.7 Å². The fourth-order valence-corrected chi connectivity index (χ4v) is 1.94. The smallest absolute Gasteiger partial charge is 0.454 e. The molecular weight excluding hydrogens is 337 g/mol. The van der Waals surface area contributed by atoms with Crippen molar-refractivity contribution in [3.8, 4) is 0 Å². The highest BCUT2D eigenvalue weighted by Crippen LogP contribution is 2.20. The summed E-state index contributed by atoms with van der Waals surface area (Å²) in [4.78, 5) is 22.5. The van der Waals surface area contributed by atoms with Crippen LogP contribution in [-0.4, -0.2) is 29.6 Å². The summed E-state index contributed by atoms with van der Waals surface area (Å²) in [5.74, 6) is -2.94. The second-order valence-electron chi connectivity index (χ2n) is 5.41. The number of unbranched alkanes of at least 4 members (excludes halogenated alkanes) is 3. The molecule has 1 aromatic carbocycles. The lowest BCUT2D eigenvalue weighted by atomic mass is 10.1. The maximum atomic E-state index is 12.1. The molecule has 0 heterocycles. The van der Waals surface area contributed by atoms with Crippen LogP contribution >= 0.6 is 0 Å². The number of aliphatic hydroxyl groups excluding tert-OH is 1. The lowest BCUT2D eigenvalue weighted by Gasteiger charge is -2.08. The Hall–Kier alpha value is -2.51. The Morgan fingerprint density at radius 2 is 1.76 bits per heavy atom. The first-order chi connectivity index (χ1) is 11.7. The number of halogens is 3. The molecule has 1 aromatic rings. The number of urea groups is 1. The molecule has 3 N–H and O–H groups in total. The quantitative estimate of drug-likeness (QED) is 0.366. The first-order valence-corrected chi connectivity index (χ1v) is 7.91. The van der Waals surface area contributed by atoms with Gasteiger partial charge in [0, 0.05) is 23.9 Å². The largest absolute Gasteiger partial charge is 0.507 e. The van der Waals surface area contributed by atoms with Crippen LogP contribution in [0.3, 0.4) is 0 Å². The summed E-state index contributed by atoms with van der Waals surface area (Å²) >= 11 is 0. The van der Waals surface area contributed by atoms with E-state index >= 15 is 0 Å². The lowest BCUT2D eigenvalue weighted by Crippen LogP contribution is -2.29. The second-order valence-corrected chi connectivity index (χ2v) is 5.41. The van der Waals surface area contributed by atoms with E-state index < -0.39 is 23.7 Å². The van der Waals surface area contributed by atoms with Crippen LogP contribution in [-0.2, 0) is 4.79 Å². The molecular formula is C17H21F3N2O3. The van der Waals surface area contributed by atoms with Crippen molar-refractivity contribution in [3.63, 3.8) is 0 Å². The van der Waals surface area contributed by atoms with Gasteiger partial charge in [-0.15, -0.1) is 0 Å². The third-order valence-corrected chi connectivity index (χ3v) is 3.30. The van der Waals surface area contributed by atoms with Crippen LogP contribution in [0.2, 0.25) is 0 Å². The molecule has 0 aromatic heterocycles. The number of rotatable bonds is 8. The second kappa shape index (κ2) is 9.71. The third-order valence-electron chi connectivity index (χ3n) is 3.30. The van der Waals surface area contributed by atoms with E-state index in [1.165, 1.54) is 24.3 Å². The molecule has 0 atom stereocenters. The first-order valence-electron chi connectivity index (χ1n) is 7.91. The summed E-state index contributed by atoms with van der Waals surface area (Å²) in [6, 6.07) is 5.03. The van der Waals surface area contributed by atoms with Gasteiger partial charge in [-0.2, -0.15) is 13.2 Å². The van der Waals surface area contributed by atoms with Gasteiger partial charge in [0.05, 0.1) is 0 Å². The van der Waals surface area contributed by atoms with E-state index in [9.17, 15) is 27.9 Å². The van der Waals surface area contributed by atoms with E-state index in [0.29, 0.717) is 12.2 Å². The maximum Gasteiger partial charge on any atom is 0.454 e. The Labute approximate surface area is 143 Å². The van der Waals surface area contributed by atoms with Crippen LogP contribution in [0.5, 0.6) is 0 Å². The van der Waals surface area contributed by atoms with Crippen LogP contribution in [0.15, 0.2) is 30.3 Å². The number of carbonyl (C=O) groups excluding carboxylic acids is 2. The van der Waals surface area contributed by atoms with Crippen molar-refractivity contribution in [1.82, 2.24) is 5.32 Å². The van der Waals surface area contributed by atoms with Crippen molar-refractivity contribution in [3.05, 3.63) is 35.9 Å². The minimum atomic E-state index is -5.04. The van der Waals surface area contributed by atoms with Gasteiger partial charge in [0.2, 0.25) is 0 Å². The normalized spacial score (nSPS) is 11.9. The highest BCUT2D eigenvalue weighted by atomic mass is 19.4. The molecule has 0 aliphatic carbocycles. The molecule has 0 unspecified atom stereocenters. The predicted molar refractivity (Wildman–Crippen MR) is 89.3 cm³/mol. The van der Waals surface area contributed by atoms with Crippen LogP contribution in [0, 0.1) is 0 Å². The summed E-state index contributed by atoms with van der Waals surface area (Å²) < 4.78 is 36.4. The maximum absolute atomic E-state index is 12.1. The molecule has 0 aliphatic rings. The number of ketones is 1. The Morgan fingerprint density at radius 3 is 2.32 bits per heavy atom. The summed E-state index contributed by atoms with van der Waals surface area (Å²) in [6.07, 6.45) is -0.789. The number of aliphatic hydroxyl groups is 1. The zero-order chi connectivity index (χ0) is 18.9. The average molecular weight is 358 g/mol. The molecule has 0 saturated heterocycles. The standard InChI is InChI=1S/C17H21F3N2O3/c1-2-3-4-5-10-21-16(25)22-13-8-6-12(7-9-13)14(23)11-15(24)17(18,19)20/h6-9,11,23H,2-5,10H2,1H3,(H2,21,22,25)/b14-11-. The van der Waals surface area contributed by atoms with Gasteiger partial charge in [-0.1, -0.05) is 26.2 Å². The molecule has 5 nitrogen and oxygen atoms in total. The number of anilines is 1. The van der Waals surface area contributed by atoms with E-state index in [0.717, 1.165) is 25.7 Å². The van der Waals surface area contributed by atoms with Crippen LogP contribution in [0.1, 0.15) is 38.2 Å². The van der Waals surface area contributed by atoms with Gasteiger partial charge < -0.3 is 15.7 Å². The van der Waals surface area contributed by atoms with Crippen molar-refractivity contribution >= 4 is 23.3 Å². The summed E-state index contributed by atoms with van der Waals surface area (Å²) in [6.45, 7) is 2.64. The van der Waals surface area contributed by atoms with Crippen molar-refractivity contribution in [1.29, 1.82) is 0 Å². The molecule has 25 heavy (non-hydrogen) atoms. The fourth-order valence-electron chi connectivity index (χ4n) is 1.94. The molecule has 1 rings (SSSR count). The topological polar surface area (TPSA) is 78.4 Å². The number of hydrogen-bond acceptors (Lipinski definition) is 3. The van der Waals surface area contributed by atoms with E-state index in [2.05, 4.69) is 17.6 Å². The SMILES string of the molecule is CCCCCCNC(=O)Nc1ccc(/C(O)=C/C(=O)C(F)(F)F)cc1. The van der Waals surface area contributed by atoms with E-state index in [-0.39, 0.29) is 11.6 Å². The minimum Gasteiger partial charge on any atom is -0.507 e. The molecule has 0 aliphatic heterocycles. The summed E-state index contributed by atoms with van der Waals surface area (Å²) in [7, 11) is 0. The van der Waals surface area contributed by atoms with Gasteiger partial charge in [-0.3, -0.25) is 4.79 Å². The molecule has 0 fully saturated rings. The average Bonchev–Trinajstić information content (AvgIpc) is 2.54. The summed E-state index contributed by atoms with van der Waals surface area (Å²) in [5, 5.41) is 14.8. The van der Waals surface area contributed by atoms with Crippen molar-refractivity contribution < 1.29 is 27.9 Å². The monoisotopic (exact) mass is 358 g/mol. The number of allylic oxidation sites excluding steroid dienone is 1. The van der Waals surface area contributed by atoms with Crippen LogP contribution < -0.4 is 10.6 Å². The fraction of sp³-hybridized carbons (Fsp3) is 0.412. The molecule has 0 bridgehead atoms. The number of amides is 2. The number of alkyl halides is 3. The van der Waals surface area contributed by atoms with Gasteiger partial charge in [0.25, 0.3) is 5.78 Å². The third kappa shape index (κ3) is 7.73. The Balaban J connectivity index is 2.54. The van der Waals surface area contributed by atoms with E-state index in [1.54, 1.807) is 0 Å². The van der Waals surface area contributed by atoms with Gasteiger partial charge >= 0.3 is 12.2 Å². The number of benzene rings is 1. The van der Waals surface area contributed by atoms with Gasteiger partial charge in [0.15, 0.2) is 0 Å². The zero-order valence-corrected chi connectivity index (χ0v) is 13.8. The number of nitrogens with one attached hydrogen (secondary N) is 2. The van der Waals surface area contributed by atoms with Crippen molar-refractivity contribution in [2.45, 2.75) is 38.8 Å². The van der Waals surface area contributed by atoms with Gasteiger partial charge in [-0.25, -0.2) is 4.79 Å².